The van der Waals surface area contributed by atoms with Crippen molar-refractivity contribution in [2.24, 2.45) is 0 Å². The van der Waals surface area contributed by atoms with Crippen LogP contribution in [0, 0.1) is 10.1 Å². The van der Waals surface area contributed by atoms with Crippen LogP contribution in [0.2, 0.25) is 0 Å². The van der Waals surface area contributed by atoms with E-state index in [-0.39, 0.29) is 24.9 Å². The minimum absolute atomic E-state index is 0.0378. The zero-order valence-corrected chi connectivity index (χ0v) is 10.5. The summed E-state index contributed by atoms with van der Waals surface area (Å²) in [6.07, 6.45) is 0. The molecule has 0 bridgehead atoms. The van der Waals surface area contributed by atoms with Crippen molar-refractivity contribution in [3.8, 4) is 0 Å². The molecule has 0 aliphatic heterocycles. The molecule has 100 valence electrons. The first-order chi connectivity index (χ1) is 8.51. The quantitative estimate of drug-likeness (QED) is 0.590. The van der Waals surface area contributed by atoms with Gasteiger partial charge in [0.1, 0.15) is 5.69 Å². The number of nitrogens with zero attached hydrogens (tertiary/aromatic N) is 2. The van der Waals surface area contributed by atoms with Gasteiger partial charge in [-0.1, -0.05) is 6.07 Å². The zero-order valence-electron chi connectivity index (χ0n) is 10.5. The Morgan fingerprint density at radius 3 is 2.50 bits per heavy atom. The van der Waals surface area contributed by atoms with Gasteiger partial charge in [-0.05, 0) is 25.5 Å². The summed E-state index contributed by atoms with van der Waals surface area (Å²) >= 11 is 0. The molecule has 1 aromatic carbocycles. The molecule has 0 spiro atoms. The van der Waals surface area contributed by atoms with Crippen LogP contribution in [0.5, 0.6) is 0 Å². The smallest absolute Gasteiger partial charge is 0.292 e. The fourth-order valence-electron chi connectivity index (χ4n) is 1.82. The third kappa shape index (κ3) is 3.18. The Labute approximate surface area is 106 Å². The lowest BCUT2D eigenvalue weighted by atomic mass is 10.1. The molecular weight excluding hydrogens is 236 g/mol. The summed E-state index contributed by atoms with van der Waals surface area (Å²) in [5, 5.41) is 29.1. The molecule has 0 heterocycles. The van der Waals surface area contributed by atoms with Crippen LogP contribution in [-0.2, 0) is 6.61 Å². The van der Waals surface area contributed by atoms with Gasteiger partial charge in [0.05, 0.1) is 18.1 Å². The number of hydrogen-bond acceptors (Lipinski definition) is 5. The Hall–Kier alpha value is -1.66. The molecule has 0 saturated heterocycles. The fraction of sp³-hybridized carbons (Fsp3) is 0.500. The van der Waals surface area contributed by atoms with Crippen LogP contribution in [0.4, 0.5) is 11.4 Å². The van der Waals surface area contributed by atoms with Gasteiger partial charge in [-0.25, -0.2) is 0 Å². The fourth-order valence-corrected chi connectivity index (χ4v) is 1.82. The lowest BCUT2D eigenvalue weighted by Gasteiger charge is -2.27. The van der Waals surface area contributed by atoms with Crippen molar-refractivity contribution in [1.82, 2.24) is 0 Å². The molecule has 0 aliphatic rings. The van der Waals surface area contributed by atoms with Crippen molar-refractivity contribution in [2.75, 3.05) is 18.1 Å². The normalized spacial score (nSPS) is 10.7. The maximum atomic E-state index is 11.1. The van der Waals surface area contributed by atoms with Crippen molar-refractivity contribution in [1.29, 1.82) is 0 Å². The van der Waals surface area contributed by atoms with E-state index in [9.17, 15) is 10.1 Å². The Morgan fingerprint density at radius 2 is 2.06 bits per heavy atom. The predicted molar refractivity (Wildman–Crippen MR) is 68.6 cm³/mol. The number of rotatable bonds is 6. The van der Waals surface area contributed by atoms with Gasteiger partial charge in [0.15, 0.2) is 0 Å². The van der Waals surface area contributed by atoms with Crippen LogP contribution < -0.4 is 4.90 Å². The largest absolute Gasteiger partial charge is 0.395 e. The van der Waals surface area contributed by atoms with E-state index in [1.165, 1.54) is 6.07 Å². The molecule has 18 heavy (non-hydrogen) atoms. The minimum atomic E-state index is -0.471. The molecule has 0 aliphatic carbocycles. The third-order valence-electron chi connectivity index (χ3n) is 2.69. The van der Waals surface area contributed by atoms with Crippen LogP contribution in [-0.4, -0.2) is 34.3 Å². The van der Waals surface area contributed by atoms with E-state index in [2.05, 4.69) is 0 Å². The van der Waals surface area contributed by atoms with Gasteiger partial charge in [0.25, 0.3) is 5.69 Å². The van der Waals surface area contributed by atoms with Crippen molar-refractivity contribution in [2.45, 2.75) is 26.5 Å². The molecular formula is C12H18N2O4. The van der Waals surface area contributed by atoms with E-state index >= 15 is 0 Å². The van der Waals surface area contributed by atoms with Gasteiger partial charge in [0.2, 0.25) is 0 Å². The van der Waals surface area contributed by atoms with E-state index in [1.807, 2.05) is 13.8 Å². The second kappa shape index (κ2) is 6.32. The number of benzene rings is 1. The number of nitro groups is 1. The van der Waals surface area contributed by atoms with Gasteiger partial charge in [-0.2, -0.15) is 0 Å². The second-order valence-corrected chi connectivity index (χ2v) is 4.25. The first kappa shape index (κ1) is 14.4. The van der Waals surface area contributed by atoms with Crippen LogP contribution >= 0.6 is 0 Å². The van der Waals surface area contributed by atoms with E-state index in [1.54, 1.807) is 17.0 Å². The van der Waals surface area contributed by atoms with Crippen molar-refractivity contribution >= 4 is 11.4 Å². The number of nitro benzene ring substituents is 1. The summed E-state index contributed by atoms with van der Waals surface area (Å²) in [4.78, 5) is 12.3. The van der Waals surface area contributed by atoms with Crippen LogP contribution in [0.15, 0.2) is 18.2 Å². The summed E-state index contributed by atoms with van der Waals surface area (Å²) in [6.45, 7) is 3.83. The van der Waals surface area contributed by atoms with Crippen molar-refractivity contribution < 1.29 is 15.1 Å². The number of aliphatic hydroxyl groups is 2. The molecule has 1 rings (SSSR count). The highest BCUT2D eigenvalue weighted by Crippen LogP contribution is 2.30. The average Bonchev–Trinajstić information content (AvgIpc) is 2.34. The van der Waals surface area contributed by atoms with Crippen LogP contribution in [0.1, 0.15) is 19.4 Å². The first-order valence-corrected chi connectivity index (χ1v) is 5.77. The van der Waals surface area contributed by atoms with Crippen molar-refractivity contribution in [3.63, 3.8) is 0 Å². The predicted octanol–water partition coefficient (Wildman–Crippen LogP) is 1.29. The van der Waals surface area contributed by atoms with E-state index in [0.717, 1.165) is 0 Å². The van der Waals surface area contributed by atoms with Crippen LogP contribution in [0.3, 0.4) is 0 Å². The summed E-state index contributed by atoms with van der Waals surface area (Å²) in [5.41, 5.74) is 0.906. The van der Waals surface area contributed by atoms with Crippen LogP contribution in [0.25, 0.3) is 0 Å². The lowest BCUT2D eigenvalue weighted by Crippen LogP contribution is -2.33. The second-order valence-electron chi connectivity index (χ2n) is 4.25. The molecule has 0 radical (unpaired) electrons. The van der Waals surface area contributed by atoms with Gasteiger partial charge in [-0.3, -0.25) is 10.1 Å². The average molecular weight is 254 g/mol. The summed E-state index contributed by atoms with van der Waals surface area (Å²) in [5.74, 6) is 0. The Morgan fingerprint density at radius 1 is 1.39 bits per heavy atom. The number of hydrogen-bond donors (Lipinski definition) is 2. The Kier molecular flexibility index (Phi) is 5.06. The van der Waals surface area contributed by atoms with Gasteiger partial charge < -0.3 is 15.1 Å². The van der Waals surface area contributed by atoms with Gasteiger partial charge in [-0.15, -0.1) is 0 Å². The number of aliphatic hydroxyl groups excluding tert-OH is 2. The highest BCUT2D eigenvalue weighted by Gasteiger charge is 2.21. The maximum Gasteiger partial charge on any atom is 0.292 e. The molecule has 6 nitrogen and oxygen atoms in total. The van der Waals surface area contributed by atoms with E-state index in [0.29, 0.717) is 17.8 Å². The summed E-state index contributed by atoms with van der Waals surface area (Å²) < 4.78 is 0. The van der Waals surface area contributed by atoms with E-state index in [4.69, 9.17) is 10.2 Å². The third-order valence-corrected chi connectivity index (χ3v) is 2.69. The summed E-state index contributed by atoms with van der Waals surface area (Å²) in [7, 11) is 0. The monoisotopic (exact) mass is 254 g/mol. The topological polar surface area (TPSA) is 86.8 Å². The summed E-state index contributed by atoms with van der Waals surface area (Å²) in [6, 6.07) is 4.66. The highest BCUT2D eigenvalue weighted by molar-refractivity contribution is 5.64. The SMILES string of the molecule is CC(C)N(CCO)c1ccc(CO)cc1[N+](=O)[O-]. The molecule has 2 N–H and O–H groups in total. The molecule has 0 saturated carbocycles. The molecule has 6 heteroatoms. The molecule has 0 aromatic heterocycles. The number of anilines is 1. The Bertz CT molecular complexity index is 421. The molecule has 0 unspecified atom stereocenters. The molecule has 0 atom stereocenters. The molecule has 0 fully saturated rings. The zero-order chi connectivity index (χ0) is 13.7. The molecule has 0 amide bonds. The highest BCUT2D eigenvalue weighted by atomic mass is 16.6. The lowest BCUT2D eigenvalue weighted by molar-refractivity contribution is -0.384. The van der Waals surface area contributed by atoms with Gasteiger partial charge in [0, 0.05) is 18.7 Å². The minimum Gasteiger partial charge on any atom is -0.395 e. The Balaban J connectivity index is 3.24. The first-order valence-electron chi connectivity index (χ1n) is 5.77. The molecule has 1 aromatic rings. The van der Waals surface area contributed by atoms with E-state index < -0.39 is 4.92 Å². The van der Waals surface area contributed by atoms with Gasteiger partial charge >= 0.3 is 0 Å². The standard InChI is InChI=1S/C12H18N2O4/c1-9(2)13(5-6-15)11-4-3-10(8-16)7-12(11)14(17)18/h3-4,7,9,15-16H,5-6,8H2,1-2H3. The van der Waals surface area contributed by atoms with Crippen molar-refractivity contribution in [3.05, 3.63) is 33.9 Å². The maximum absolute atomic E-state index is 11.1.